The summed E-state index contributed by atoms with van der Waals surface area (Å²) in [6, 6.07) is -3.01. The normalized spacial score (nSPS) is 14.6. The number of ether oxygens (including phenoxy) is 3. The molecule has 0 bridgehead atoms. The molecular weight excluding hydrogens is 964 g/mol. The Morgan fingerprint density at radius 2 is 0.955 bits per heavy atom. The third kappa shape index (κ3) is 19.3. The zero-order valence-electron chi connectivity index (χ0n) is 36.0. The van der Waals surface area contributed by atoms with Crippen molar-refractivity contribution in [2.45, 2.75) is 92.1 Å². The van der Waals surface area contributed by atoms with Gasteiger partial charge in [0, 0.05) is 26.6 Å². The number of alkyl halides is 18. The molecule has 0 rings (SSSR count). The number of likely N-dealkylation sites (N-methyl/N-ethyl adjacent to an activating group) is 1. The Balaban J connectivity index is 0. The van der Waals surface area contributed by atoms with Crippen LogP contribution in [0.25, 0.3) is 0 Å². The summed E-state index contributed by atoms with van der Waals surface area (Å²) in [7, 11) is 10.7. The largest absolute Gasteiger partial charge is 0.544 e. The van der Waals surface area contributed by atoms with E-state index in [2.05, 4.69) is 30.2 Å². The quantitative estimate of drug-likeness (QED) is 0.0363. The molecule has 2 atom stereocenters. The van der Waals surface area contributed by atoms with Gasteiger partial charge in [0.15, 0.2) is 0 Å². The highest BCUT2D eigenvalue weighted by Gasteiger charge is 2.82. The van der Waals surface area contributed by atoms with Crippen molar-refractivity contribution in [1.82, 2.24) is 16.0 Å². The van der Waals surface area contributed by atoms with Crippen molar-refractivity contribution in [3.63, 3.8) is 0 Å². The van der Waals surface area contributed by atoms with Crippen LogP contribution in [0.15, 0.2) is 0 Å². The minimum absolute atomic E-state index is 0.0236. The molecule has 0 aromatic rings. The van der Waals surface area contributed by atoms with Crippen molar-refractivity contribution < 1.29 is 131 Å². The maximum atomic E-state index is 13.5. The Morgan fingerprint density at radius 1 is 0.576 bits per heavy atom. The number of carbonyl (C=O) groups is 5. The standard InChI is InChI=1S/C17H26F9N3O3.C17H23F9N2O6/c1-27-12(30)10-11(28-7-5-8-29(2,3)4)13(31)32-9-6-14(18,19)15(20,21)16(22,23)17(24,25)26;1-28(2,9-11(29)30)6-5-27-10(8-12(31)33-3)13(32)34-7-4-14(18,19)15(20,21)16(22,23)17(24,25)26/h11,28H,5-10H2,1-4H3;10,27H,4-9H2,1-3H3/p+1. The number of amides is 1. The Bertz CT molecular complexity index is 1590. The van der Waals surface area contributed by atoms with E-state index in [1.165, 1.54) is 21.1 Å². The fourth-order valence-corrected chi connectivity index (χ4v) is 4.70. The molecule has 0 fully saturated rings. The Morgan fingerprint density at radius 3 is 1.29 bits per heavy atom. The molecule has 66 heavy (non-hydrogen) atoms. The fourth-order valence-electron chi connectivity index (χ4n) is 4.70. The van der Waals surface area contributed by atoms with Crippen LogP contribution in [0.3, 0.4) is 0 Å². The van der Waals surface area contributed by atoms with Gasteiger partial charge in [0.05, 0.1) is 100 Å². The molecule has 0 aromatic heterocycles. The van der Waals surface area contributed by atoms with Crippen LogP contribution in [0.2, 0.25) is 0 Å². The van der Waals surface area contributed by atoms with Crippen molar-refractivity contribution in [3.05, 3.63) is 0 Å². The summed E-state index contributed by atoms with van der Waals surface area (Å²) in [5, 5.41) is 17.9. The van der Waals surface area contributed by atoms with Gasteiger partial charge in [-0.3, -0.25) is 24.5 Å². The summed E-state index contributed by atoms with van der Waals surface area (Å²) < 4.78 is 244. The lowest BCUT2D eigenvalue weighted by Crippen LogP contribution is -2.61. The number of hydrogen-bond acceptors (Lipinski definition) is 11. The minimum atomic E-state index is -7.07. The Labute approximate surface area is 364 Å². The van der Waals surface area contributed by atoms with Crippen molar-refractivity contribution in [2.75, 3.05) is 95.3 Å². The molecule has 390 valence electrons. The summed E-state index contributed by atoms with van der Waals surface area (Å²) in [6.45, 7) is -3.04. The van der Waals surface area contributed by atoms with Crippen LogP contribution in [0, 0.1) is 0 Å². The number of nitrogens with one attached hydrogen (secondary N) is 3. The van der Waals surface area contributed by atoms with Gasteiger partial charge in [-0.05, 0) is 0 Å². The van der Waals surface area contributed by atoms with Crippen LogP contribution in [0.5, 0.6) is 0 Å². The predicted octanol–water partition coefficient (Wildman–Crippen LogP) is 3.31. The molecule has 0 saturated heterocycles. The lowest BCUT2D eigenvalue weighted by Gasteiger charge is -2.33. The molecule has 0 heterocycles. The third-order valence-electron chi connectivity index (χ3n) is 8.64. The molecule has 0 aliphatic heterocycles. The number of aliphatic carboxylic acids is 1. The van der Waals surface area contributed by atoms with Gasteiger partial charge in [-0.2, -0.15) is 79.0 Å². The van der Waals surface area contributed by atoms with Gasteiger partial charge < -0.3 is 43.7 Å². The van der Waals surface area contributed by atoms with E-state index in [4.69, 9.17) is 0 Å². The van der Waals surface area contributed by atoms with E-state index in [-0.39, 0.29) is 24.1 Å². The number of rotatable bonds is 27. The summed E-state index contributed by atoms with van der Waals surface area (Å²) in [4.78, 5) is 57.7. The van der Waals surface area contributed by atoms with Crippen molar-refractivity contribution in [1.29, 1.82) is 0 Å². The number of carboxylic acids is 1. The second-order valence-corrected chi connectivity index (χ2v) is 15.8. The first-order valence-corrected chi connectivity index (χ1v) is 18.6. The lowest BCUT2D eigenvalue weighted by atomic mass is 10.0. The van der Waals surface area contributed by atoms with Gasteiger partial charge in [0.2, 0.25) is 5.91 Å². The molecule has 3 N–H and O–H groups in total. The van der Waals surface area contributed by atoms with Gasteiger partial charge in [-0.15, -0.1) is 0 Å². The number of methoxy groups -OCH3 is 1. The van der Waals surface area contributed by atoms with Crippen molar-refractivity contribution in [2.24, 2.45) is 0 Å². The van der Waals surface area contributed by atoms with Crippen molar-refractivity contribution >= 4 is 29.8 Å². The fraction of sp³-hybridized carbons (Fsp3) is 0.853. The maximum Gasteiger partial charge on any atom is 0.460 e. The second kappa shape index (κ2) is 24.3. The molecule has 0 saturated carbocycles. The van der Waals surface area contributed by atoms with E-state index >= 15 is 0 Å². The van der Waals surface area contributed by atoms with Crippen LogP contribution in [-0.2, 0) is 38.2 Å². The number of halogens is 18. The van der Waals surface area contributed by atoms with Crippen LogP contribution in [-0.4, -0.2) is 194 Å². The number of nitrogens with zero attached hydrogens (tertiary/aromatic N) is 2. The molecular formula is C34H50F18N5O9+. The highest BCUT2D eigenvalue weighted by molar-refractivity contribution is 5.85. The average molecular weight is 1010 g/mol. The number of hydrogen-bond donors (Lipinski definition) is 3. The number of carboxylic acid groups (broad SMARTS) is 1. The SMILES string of the molecule is CNC(=O)CC(NCCC[N+](C)(C)C)C(=O)OCCC(F)(F)C(F)(F)C(F)(F)C(F)(F)F.COC(=O)CC(NCC[N+](C)(C)CC(=O)[O-])C(=O)OCCC(F)(F)C(F)(F)C(F)(F)C(F)(F)F. The van der Waals surface area contributed by atoms with Gasteiger partial charge >= 0.3 is 65.8 Å². The van der Waals surface area contributed by atoms with E-state index in [0.717, 1.165) is 7.11 Å². The Kier molecular flexibility index (Phi) is 23.6. The van der Waals surface area contributed by atoms with Crippen LogP contribution < -0.4 is 21.1 Å². The van der Waals surface area contributed by atoms with Crippen LogP contribution in [0.4, 0.5) is 79.0 Å². The zero-order chi connectivity index (χ0) is 52.8. The maximum absolute atomic E-state index is 13.5. The molecule has 0 aliphatic carbocycles. The predicted molar refractivity (Wildman–Crippen MR) is 186 cm³/mol. The molecule has 0 aromatic carbocycles. The number of quaternary nitrogens is 2. The van der Waals surface area contributed by atoms with Gasteiger partial charge in [-0.25, -0.2) is 0 Å². The highest BCUT2D eigenvalue weighted by atomic mass is 19.4. The zero-order valence-corrected chi connectivity index (χ0v) is 36.0. The highest BCUT2D eigenvalue weighted by Crippen LogP contribution is 2.55. The van der Waals surface area contributed by atoms with E-state index in [0.29, 0.717) is 17.4 Å². The number of carbonyl (C=O) groups excluding carboxylic acids is 5. The van der Waals surface area contributed by atoms with Crippen molar-refractivity contribution in [3.8, 4) is 0 Å². The average Bonchev–Trinajstić information content (AvgIpc) is 3.13. The molecule has 0 aliphatic rings. The van der Waals surface area contributed by atoms with E-state index in [9.17, 15) is 108 Å². The molecule has 2 unspecified atom stereocenters. The molecule has 1 amide bonds. The van der Waals surface area contributed by atoms with Gasteiger partial charge in [-0.1, -0.05) is 0 Å². The topological polar surface area (TPSA) is 172 Å². The van der Waals surface area contributed by atoms with Crippen LogP contribution in [0.1, 0.15) is 32.1 Å². The summed E-state index contributed by atoms with van der Waals surface area (Å²) in [6.07, 6.45) is -19.4. The molecule has 0 radical (unpaired) electrons. The smallest absolute Gasteiger partial charge is 0.460 e. The summed E-state index contributed by atoms with van der Waals surface area (Å²) in [5.41, 5.74) is 0. The molecule has 14 nitrogen and oxygen atoms in total. The Hall–Kier alpha value is -4.07. The first kappa shape index (κ1) is 64.0. The van der Waals surface area contributed by atoms with Gasteiger partial charge in [0.1, 0.15) is 18.6 Å². The van der Waals surface area contributed by atoms with Crippen LogP contribution >= 0.6 is 0 Å². The minimum Gasteiger partial charge on any atom is -0.544 e. The first-order chi connectivity index (χ1) is 29.3. The van der Waals surface area contributed by atoms with E-state index in [1.54, 1.807) is 0 Å². The van der Waals surface area contributed by atoms with Gasteiger partial charge in [0.25, 0.3) is 0 Å². The second-order valence-electron chi connectivity index (χ2n) is 15.8. The summed E-state index contributed by atoms with van der Waals surface area (Å²) in [5.74, 6) is -45.4. The number of esters is 3. The first-order valence-electron chi connectivity index (χ1n) is 18.6. The molecule has 32 heteroatoms. The third-order valence-corrected chi connectivity index (χ3v) is 8.64. The van der Waals surface area contributed by atoms with E-state index < -0.39 is 135 Å². The van der Waals surface area contributed by atoms with E-state index in [1.807, 2.05) is 21.1 Å². The summed E-state index contributed by atoms with van der Waals surface area (Å²) >= 11 is 0. The lowest BCUT2D eigenvalue weighted by molar-refractivity contribution is -0.883. The monoisotopic (exact) mass is 1010 g/mol. The molecule has 0 spiro atoms.